The van der Waals surface area contributed by atoms with Crippen molar-refractivity contribution in [3.8, 4) is 0 Å². The maximum Gasteiger partial charge on any atom is 0.159 e. The van der Waals surface area contributed by atoms with Gasteiger partial charge in [0.05, 0.1) is 6.04 Å². The van der Waals surface area contributed by atoms with Gasteiger partial charge < -0.3 is 5.32 Å². The van der Waals surface area contributed by atoms with Crippen LogP contribution in [0.15, 0.2) is 60.7 Å². The van der Waals surface area contributed by atoms with Crippen molar-refractivity contribution in [1.29, 1.82) is 0 Å². The summed E-state index contributed by atoms with van der Waals surface area (Å²) in [6.07, 6.45) is 0. The summed E-state index contributed by atoms with van der Waals surface area (Å²) in [6, 6.07) is 17.9. The number of halogens is 2. The molecule has 0 spiro atoms. The lowest BCUT2D eigenvalue weighted by atomic mass is 9.94. The topological polar surface area (TPSA) is 12.0 Å². The number of benzene rings is 3. The van der Waals surface area contributed by atoms with E-state index in [1.54, 1.807) is 6.07 Å². The smallest absolute Gasteiger partial charge is 0.159 e. The minimum absolute atomic E-state index is 0.189. The summed E-state index contributed by atoms with van der Waals surface area (Å²) in [5, 5.41) is 5.41. The quantitative estimate of drug-likeness (QED) is 0.750. The van der Waals surface area contributed by atoms with Crippen LogP contribution in [-0.2, 0) is 0 Å². The van der Waals surface area contributed by atoms with Crippen LogP contribution < -0.4 is 5.32 Å². The lowest BCUT2D eigenvalue weighted by Gasteiger charge is -2.19. The molecule has 0 saturated carbocycles. The van der Waals surface area contributed by atoms with E-state index in [0.29, 0.717) is 5.56 Å². The normalized spacial score (nSPS) is 12.5. The molecule has 0 fully saturated rings. The van der Waals surface area contributed by atoms with Crippen molar-refractivity contribution >= 4 is 10.8 Å². The highest BCUT2D eigenvalue weighted by Crippen LogP contribution is 2.29. The Morgan fingerprint density at radius 2 is 1.62 bits per heavy atom. The SMILES string of the molecule is CNC(c1ccc(F)c(F)c1)c1cccc2ccccc12. The molecule has 3 aromatic rings. The molecule has 0 aromatic heterocycles. The van der Waals surface area contributed by atoms with Gasteiger partial charge in [0.2, 0.25) is 0 Å². The molecule has 0 radical (unpaired) electrons. The van der Waals surface area contributed by atoms with Crippen LogP contribution in [0.2, 0.25) is 0 Å². The Kier molecular flexibility index (Phi) is 3.67. The van der Waals surface area contributed by atoms with Gasteiger partial charge in [-0.05, 0) is 41.1 Å². The summed E-state index contributed by atoms with van der Waals surface area (Å²) in [5.41, 5.74) is 1.74. The summed E-state index contributed by atoms with van der Waals surface area (Å²) in [5.74, 6) is -1.65. The molecule has 3 rings (SSSR count). The molecule has 0 aliphatic heterocycles. The maximum atomic E-state index is 13.5. The van der Waals surface area contributed by atoms with E-state index in [-0.39, 0.29) is 6.04 Å². The van der Waals surface area contributed by atoms with Crippen molar-refractivity contribution in [3.63, 3.8) is 0 Å². The molecule has 0 aliphatic carbocycles. The number of nitrogens with one attached hydrogen (secondary N) is 1. The van der Waals surface area contributed by atoms with Crippen molar-refractivity contribution in [2.75, 3.05) is 7.05 Å². The van der Waals surface area contributed by atoms with Gasteiger partial charge in [-0.3, -0.25) is 0 Å². The second-order valence-electron chi connectivity index (χ2n) is 4.96. The zero-order valence-electron chi connectivity index (χ0n) is 11.6. The number of hydrogen-bond acceptors (Lipinski definition) is 1. The number of hydrogen-bond donors (Lipinski definition) is 1. The molecule has 0 heterocycles. The number of rotatable bonds is 3. The van der Waals surface area contributed by atoms with E-state index in [2.05, 4.69) is 5.32 Å². The Labute approximate surface area is 122 Å². The van der Waals surface area contributed by atoms with E-state index >= 15 is 0 Å². The van der Waals surface area contributed by atoms with E-state index in [9.17, 15) is 8.78 Å². The Morgan fingerprint density at radius 3 is 2.38 bits per heavy atom. The predicted octanol–water partition coefficient (Wildman–Crippen LogP) is 4.43. The van der Waals surface area contributed by atoms with Gasteiger partial charge in [-0.25, -0.2) is 8.78 Å². The summed E-state index contributed by atoms with van der Waals surface area (Å²) in [6.45, 7) is 0. The lowest BCUT2D eigenvalue weighted by Crippen LogP contribution is -2.18. The van der Waals surface area contributed by atoms with E-state index < -0.39 is 11.6 Å². The van der Waals surface area contributed by atoms with Crippen molar-refractivity contribution in [1.82, 2.24) is 5.32 Å². The van der Waals surface area contributed by atoms with Crippen molar-refractivity contribution in [3.05, 3.63) is 83.4 Å². The first-order valence-electron chi connectivity index (χ1n) is 6.80. The molecular formula is C18H15F2N. The minimum Gasteiger partial charge on any atom is -0.309 e. The molecule has 0 amide bonds. The third-order valence-corrected chi connectivity index (χ3v) is 3.70. The van der Waals surface area contributed by atoms with Gasteiger partial charge in [-0.1, -0.05) is 48.5 Å². The van der Waals surface area contributed by atoms with E-state index in [1.807, 2.05) is 49.5 Å². The molecule has 3 heteroatoms. The summed E-state index contributed by atoms with van der Waals surface area (Å²) >= 11 is 0. The van der Waals surface area contributed by atoms with Crippen molar-refractivity contribution in [2.24, 2.45) is 0 Å². The van der Waals surface area contributed by atoms with E-state index in [1.165, 1.54) is 12.1 Å². The van der Waals surface area contributed by atoms with Gasteiger partial charge in [-0.15, -0.1) is 0 Å². The van der Waals surface area contributed by atoms with E-state index in [4.69, 9.17) is 0 Å². The molecule has 0 bridgehead atoms. The van der Waals surface area contributed by atoms with Gasteiger partial charge in [-0.2, -0.15) is 0 Å². The zero-order valence-corrected chi connectivity index (χ0v) is 11.6. The third kappa shape index (κ3) is 2.52. The van der Waals surface area contributed by atoms with Gasteiger partial charge >= 0.3 is 0 Å². The zero-order chi connectivity index (χ0) is 14.8. The fourth-order valence-corrected chi connectivity index (χ4v) is 2.70. The molecule has 0 aliphatic rings. The summed E-state index contributed by atoms with van der Waals surface area (Å²) in [7, 11) is 1.81. The number of fused-ring (bicyclic) bond motifs is 1. The van der Waals surface area contributed by atoms with Gasteiger partial charge in [0, 0.05) is 0 Å². The van der Waals surface area contributed by atoms with Crippen LogP contribution in [0.4, 0.5) is 8.78 Å². The third-order valence-electron chi connectivity index (χ3n) is 3.70. The van der Waals surface area contributed by atoms with Crippen LogP contribution in [0.3, 0.4) is 0 Å². The van der Waals surface area contributed by atoms with Crippen LogP contribution in [-0.4, -0.2) is 7.05 Å². The van der Waals surface area contributed by atoms with Crippen LogP contribution in [0, 0.1) is 11.6 Å². The van der Waals surface area contributed by atoms with Crippen LogP contribution in [0.25, 0.3) is 10.8 Å². The monoisotopic (exact) mass is 283 g/mol. The first-order valence-corrected chi connectivity index (χ1v) is 6.80. The molecular weight excluding hydrogens is 268 g/mol. The second kappa shape index (κ2) is 5.62. The second-order valence-corrected chi connectivity index (χ2v) is 4.96. The highest BCUT2D eigenvalue weighted by atomic mass is 19.2. The Balaban J connectivity index is 2.16. The summed E-state index contributed by atoms with van der Waals surface area (Å²) < 4.78 is 26.6. The fraction of sp³-hybridized carbons (Fsp3) is 0.111. The van der Waals surface area contributed by atoms with Crippen molar-refractivity contribution < 1.29 is 8.78 Å². The largest absolute Gasteiger partial charge is 0.309 e. The Hall–Kier alpha value is -2.26. The first-order chi connectivity index (χ1) is 10.2. The highest BCUT2D eigenvalue weighted by molar-refractivity contribution is 5.86. The lowest BCUT2D eigenvalue weighted by molar-refractivity contribution is 0.505. The molecule has 3 aromatic carbocycles. The summed E-state index contributed by atoms with van der Waals surface area (Å²) in [4.78, 5) is 0. The van der Waals surface area contributed by atoms with Gasteiger partial charge in [0.15, 0.2) is 11.6 Å². The fourth-order valence-electron chi connectivity index (χ4n) is 2.70. The Bertz CT molecular complexity index is 778. The molecule has 0 saturated heterocycles. The van der Waals surface area contributed by atoms with Gasteiger partial charge in [0.25, 0.3) is 0 Å². The molecule has 1 N–H and O–H groups in total. The molecule has 1 unspecified atom stereocenters. The maximum absolute atomic E-state index is 13.5. The first kappa shape index (κ1) is 13.7. The average molecular weight is 283 g/mol. The molecule has 21 heavy (non-hydrogen) atoms. The minimum atomic E-state index is -0.827. The molecule has 106 valence electrons. The van der Waals surface area contributed by atoms with Crippen LogP contribution in [0.1, 0.15) is 17.2 Å². The standard InChI is InChI=1S/C18H15F2N/c1-21-18(13-9-10-16(19)17(20)11-13)15-8-4-6-12-5-2-3-7-14(12)15/h2-11,18,21H,1H3. The van der Waals surface area contributed by atoms with Crippen molar-refractivity contribution in [2.45, 2.75) is 6.04 Å². The predicted molar refractivity (Wildman–Crippen MR) is 81.2 cm³/mol. The van der Waals surface area contributed by atoms with Crippen LogP contribution >= 0.6 is 0 Å². The average Bonchev–Trinajstić information content (AvgIpc) is 2.52. The van der Waals surface area contributed by atoms with Crippen LogP contribution in [0.5, 0.6) is 0 Å². The molecule has 1 nitrogen and oxygen atoms in total. The highest BCUT2D eigenvalue weighted by Gasteiger charge is 2.16. The molecule has 1 atom stereocenters. The Morgan fingerprint density at radius 1 is 0.857 bits per heavy atom. The van der Waals surface area contributed by atoms with E-state index in [0.717, 1.165) is 16.3 Å². The van der Waals surface area contributed by atoms with Gasteiger partial charge in [0.1, 0.15) is 0 Å².